The Morgan fingerprint density at radius 1 is 1.17 bits per heavy atom. The summed E-state index contributed by atoms with van der Waals surface area (Å²) < 4.78 is 68.7. The number of aromatic nitrogens is 4. The Labute approximate surface area is 166 Å². The van der Waals surface area contributed by atoms with E-state index >= 15 is 0 Å². The molecular weight excluding hydrogens is 433 g/mol. The van der Waals surface area contributed by atoms with Crippen molar-refractivity contribution < 1.29 is 35.6 Å². The lowest BCUT2D eigenvalue weighted by Crippen LogP contribution is -2.15. The fourth-order valence-corrected chi connectivity index (χ4v) is 2.47. The number of pyridine rings is 2. The summed E-state index contributed by atoms with van der Waals surface area (Å²) in [5.41, 5.74) is 0.587. The van der Waals surface area contributed by atoms with Gasteiger partial charge in [-0.2, -0.15) is 18.2 Å². The van der Waals surface area contributed by atoms with E-state index in [1.807, 2.05) is 0 Å². The topological polar surface area (TPSA) is 163 Å². The molecule has 3 N–H and O–H groups in total. The molecule has 0 radical (unpaired) electrons. The number of rotatable bonds is 5. The zero-order valence-electron chi connectivity index (χ0n) is 14.6. The fourth-order valence-electron chi connectivity index (χ4n) is 2.01. The minimum absolute atomic E-state index is 0.00538. The van der Waals surface area contributed by atoms with E-state index in [1.165, 1.54) is 24.4 Å². The standard InChI is InChI=1S/C15H11F3N6O5S/c16-15(17,18)13-23-12(24-29-13)10-3-2-9(6-20-10)22-14(25)28-7-8-1-4-11(21-5-8)30(19,26)27/h1-6H,7H2,(H,22,25)(H2,19,26,27). The second-order valence-electron chi connectivity index (χ2n) is 5.60. The molecule has 3 rings (SSSR count). The van der Waals surface area contributed by atoms with Crippen LogP contribution < -0.4 is 10.5 Å². The van der Waals surface area contributed by atoms with Gasteiger partial charge < -0.3 is 9.26 Å². The summed E-state index contributed by atoms with van der Waals surface area (Å²) in [5, 5.41) is 10.1. The van der Waals surface area contributed by atoms with Crippen LogP contribution in [0.4, 0.5) is 23.7 Å². The van der Waals surface area contributed by atoms with Crippen LogP contribution in [0.15, 0.2) is 46.2 Å². The lowest BCUT2D eigenvalue weighted by molar-refractivity contribution is -0.159. The normalized spacial score (nSPS) is 11.9. The molecule has 0 atom stereocenters. The van der Waals surface area contributed by atoms with Crippen LogP contribution in [0.2, 0.25) is 0 Å². The van der Waals surface area contributed by atoms with Gasteiger partial charge in [-0.3, -0.25) is 10.3 Å². The van der Waals surface area contributed by atoms with Crippen molar-refractivity contribution in [3.8, 4) is 11.5 Å². The number of ether oxygens (including phenoxy) is 1. The summed E-state index contributed by atoms with van der Waals surface area (Å²) in [6.45, 7) is -0.210. The minimum atomic E-state index is -4.77. The molecule has 0 aliphatic rings. The van der Waals surface area contributed by atoms with E-state index in [-0.39, 0.29) is 28.8 Å². The van der Waals surface area contributed by atoms with Crippen LogP contribution in [0.3, 0.4) is 0 Å². The number of carbonyl (C=O) groups is 1. The van der Waals surface area contributed by atoms with Gasteiger partial charge in [-0.05, 0) is 18.2 Å². The molecule has 0 unspecified atom stereocenters. The molecule has 0 bridgehead atoms. The average Bonchev–Trinajstić information content (AvgIpc) is 3.17. The third kappa shape index (κ3) is 5.26. The molecule has 0 aliphatic carbocycles. The molecule has 30 heavy (non-hydrogen) atoms. The van der Waals surface area contributed by atoms with Crippen molar-refractivity contribution in [3.63, 3.8) is 0 Å². The van der Waals surface area contributed by atoms with Crippen LogP contribution >= 0.6 is 0 Å². The zero-order valence-corrected chi connectivity index (χ0v) is 15.4. The van der Waals surface area contributed by atoms with E-state index in [2.05, 4.69) is 29.9 Å². The number of hydrogen-bond donors (Lipinski definition) is 2. The van der Waals surface area contributed by atoms with Crippen LogP contribution in [0.5, 0.6) is 0 Å². The van der Waals surface area contributed by atoms with Crippen LogP contribution in [-0.2, 0) is 27.5 Å². The molecule has 3 heterocycles. The van der Waals surface area contributed by atoms with Gasteiger partial charge in [-0.15, -0.1) is 0 Å². The number of nitrogens with one attached hydrogen (secondary N) is 1. The lowest BCUT2D eigenvalue weighted by atomic mass is 10.3. The summed E-state index contributed by atoms with van der Waals surface area (Å²) in [6, 6.07) is 5.15. The third-order valence-electron chi connectivity index (χ3n) is 3.37. The average molecular weight is 444 g/mol. The van der Waals surface area contributed by atoms with Gasteiger partial charge in [-0.1, -0.05) is 11.2 Å². The van der Waals surface area contributed by atoms with E-state index in [9.17, 15) is 26.4 Å². The molecule has 158 valence electrons. The number of alkyl halides is 3. The number of hydrogen-bond acceptors (Lipinski definition) is 9. The van der Waals surface area contributed by atoms with Crippen molar-refractivity contribution in [3.05, 3.63) is 48.1 Å². The van der Waals surface area contributed by atoms with Gasteiger partial charge in [-0.25, -0.2) is 23.3 Å². The predicted octanol–water partition coefficient (Wildman–Crippen LogP) is 1.94. The Morgan fingerprint density at radius 2 is 1.93 bits per heavy atom. The van der Waals surface area contributed by atoms with Crippen molar-refractivity contribution in [2.45, 2.75) is 17.8 Å². The first kappa shape index (κ1) is 21.1. The maximum absolute atomic E-state index is 12.5. The van der Waals surface area contributed by atoms with Gasteiger partial charge in [0, 0.05) is 11.8 Å². The number of anilines is 1. The Kier molecular flexibility index (Phi) is 5.66. The van der Waals surface area contributed by atoms with Crippen LogP contribution in [0, 0.1) is 0 Å². The number of amides is 1. The monoisotopic (exact) mass is 444 g/mol. The lowest BCUT2D eigenvalue weighted by Gasteiger charge is -2.07. The molecule has 0 spiro atoms. The Morgan fingerprint density at radius 3 is 2.47 bits per heavy atom. The fraction of sp³-hybridized carbons (Fsp3) is 0.133. The van der Waals surface area contributed by atoms with Crippen LogP contribution in [0.1, 0.15) is 11.5 Å². The zero-order chi connectivity index (χ0) is 21.9. The molecule has 1 amide bonds. The van der Waals surface area contributed by atoms with E-state index in [0.29, 0.717) is 5.56 Å². The first-order valence-corrected chi connectivity index (χ1v) is 9.36. The molecule has 0 fully saturated rings. The molecule has 0 saturated heterocycles. The molecular formula is C15H11F3N6O5S. The SMILES string of the molecule is NS(=O)(=O)c1ccc(COC(=O)Nc2ccc(-c3noc(C(F)(F)F)n3)nc2)cn1. The Balaban J connectivity index is 1.56. The highest BCUT2D eigenvalue weighted by molar-refractivity contribution is 7.89. The van der Waals surface area contributed by atoms with Gasteiger partial charge in [0.2, 0.25) is 5.82 Å². The molecule has 11 nitrogen and oxygen atoms in total. The van der Waals surface area contributed by atoms with Gasteiger partial charge in [0.25, 0.3) is 10.0 Å². The van der Waals surface area contributed by atoms with Gasteiger partial charge >= 0.3 is 18.2 Å². The van der Waals surface area contributed by atoms with Crippen molar-refractivity contribution in [1.29, 1.82) is 0 Å². The van der Waals surface area contributed by atoms with Crippen LogP contribution in [0.25, 0.3) is 11.5 Å². The summed E-state index contributed by atoms with van der Waals surface area (Å²) >= 11 is 0. The molecule has 3 aromatic rings. The highest BCUT2D eigenvalue weighted by Gasteiger charge is 2.38. The quantitative estimate of drug-likeness (QED) is 0.598. The second-order valence-corrected chi connectivity index (χ2v) is 7.11. The molecule has 0 aliphatic heterocycles. The highest BCUT2D eigenvalue weighted by Crippen LogP contribution is 2.29. The number of sulfonamides is 1. The predicted molar refractivity (Wildman–Crippen MR) is 91.9 cm³/mol. The summed E-state index contributed by atoms with van der Waals surface area (Å²) in [4.78, 5) is 22.5. The molecule has 0 saturated carbocycles. The first-order chi connectivity index (χ1) is 14.0. The third-order valence-corrected chi connectivity index (χ3v) is 4.19. The van der Waals surface area contributed by atoms with Gasteiger partial charge in [0.15, 0.2) is 5.03 Å². The van der Waals surface area contributed by atoms with Crippen molar-refractivity contribution in [2.24, 2.45) is 5.14 Å². The maximum Gasteiger partial charge on any atom is 0.471 e. The second kappa shape index (κ2) is 8.03. The Bertz CT molecular complexity index is 1150. The van der Waals surface area contributed by atoms with E-state index < -0.39 is 28.2 Å². The van der Waals surface area contributed by atoms with E-state index in [0.717, 1.165) is 12.3 Å². The maximum atomic E-state index is 12.5. The number of primary sulfonamides is 1. The molecule has 3 aromatic heterocycles. The summed E-state index contributed by atoms with van der Waals surface area (Å²) in [5.74, 6) is -1.87. The van der Waals surface area contributed by atoms with Gasteiger partial charge in [0.05, 0.1) is 11.9 Å². The number of nitrogens with two attached hydrogens (primary N) is 1. The Hall–Kier alpha value is -3.59. The highest BCUT2D eigenvalue weighted by atomic mass is 32.2. The smallest absolute Gasteiger partial charge is 0.444 e. The minimum Gasteiger partial charge on any atom is -0.444 e. The number of nitrogens with zero attached hydrogens (tertiary/aromatic N) is 4. The molecule has 0 aromatic carbocycles. The van der Waals surface area contributed by atoms with Crippen molar-refractivity contribution in [2.75, 3.05) is 5.32 Å². The van der Waals surface area contributed by atoms with E-state index in [4.69, 9.17) is 9.88 Å². The molecule has 15 heteroatoms. The summed E-state index contributed by atoms with van der Waals surface area (Å²) in [7, 11) is -3.93. The van der Waals surface area contributed by atoms with Crippen molar-refractivity contribution in [1.82, 2.24) is 20.1 Å². The summed E-state index contributed by atoms with van der Waals surface area (Å²) in [6.07, 6.45) is -3.30. The number of carbonyl (C=O) groups excluding carboxylic acids is 1. The van der Waals surface area contributed by atoms with Crippen LogP contribution in [-0.4, -0.2) is 34.6 Å². The first-order valence-electron chi connectivity index (χ1n) is 7.81. The largest absolute Gasteiger partial charge is 0.471 e. The number of halogens is 3. The van der Waals surface area contributed by atoms with Gasteiger partial charge in [0.1, 0.15) is 12.3 Å². The van der Waals surface area contributed by atoms with E-state index in [1.54, 1.807) is 0 Å². The van der Waals surface area contributed by atoms with Crippen molar-refractivity contribution >= 4 is 21.8 Å².